The van der Waals surface area contributed by atoms with Crippen molar-refractivity contribution in [1.82, 2.24) is 19.4 Å². The molecule has 3 aromatic rings. The van der Waals surface area contributed by atoms with Gasteiger partial charge in [0, 0.05) is 57.3 Å². The second kappa shape index (κ2) is 9.58. The molecule has 1 saturated heterocycles. The van der Waals surface area contributed by atoms with Gasteiger partial charge in [0.2, 0.25) is 5.95 Å². The first kappa shape index (κ1) is 24.7. The molecule has 6 nitrogen and oxygen atoms in total. The van der Waals surface area contributed by atoms with Gasteiger partial charge in [0.1, 0.15) is 5.82 Å². The highest BCUT2D eigenvalue weighted by molar-refractivity contribution is 6.31. The van der Waals surface area contributed by atoms with Gasteiger partial charge in [-0.2, -0.15) is 5.26 Å². The molecule has 1 aliphatic heterocycles. The zero-order valence-corrected chi connectivity index (χ0v) is 22.4. The topological polar surface area (TPSA) is 51.3 Å². The van der Waals surface area contributed by atoms with Crippen molar-refractivity contribution in [3.05, 3.63) is 58.4 Å². The summed E-state index contributed by atoms with van der Waals surface area (Å²) in [6.07, 6.45) is 4.42. The summed E-state index contributed by atoms with van der Waals surface area (Å²) in [7, 11) is 4.17. The Morgan fingerprint density at radius 3 is 2.76 bits per heavy atom. The minimum Gasteiger partial charge on any atom is -0.339 e. The van der Waals surface area contributed by atoms with E-state index in [0.717, 1.165) is 87.5 Å². The molecule has 1 aromatic heterocycles. The molecule has 0 bridgehead atoms. The lowest BCUT2D eigenvalue weighted by molar-refractivity contribution is 0.153. The van der Waals surface area contributed by atoms with E-state index in [2.05, 4.69) is 39.9 Å². The number of imidazole rings is 1. The van der Waals surface area contributed by atoms with Crippen molar-refractivity contribution in [3.63, 3.8) is 0 Å². The summed E-state index contributed by atoms with van der Waals surface area (Å²) in [5, 5.41) is 9.55. The normalized spacial score (nSPS) is 25.8. The van der Waals surface area contributed by atoms with Crippen molar-refractivity contribution in [2.45, 2.75) is 37.1 Å². The Hall–Kier alpha value is -2.66. The van der Waals surface area contributed by atoms with Gasteiger partial charge >= 0.3 is 0 Å². The number of hydrogen-bond donors (Lipinski definition) is 0. The fraction of sp³-hybridized carbons (Fsp3) is 0.517. The highest BCUT2D eigenvalue weighted by Gasteiger charge is 2.63. The molecule has 0 amide bonds. The van der Waals surface area contributed by atoms with Gasteiger partial charge in [-0.1, -0.05) is 23.7 Å². The summed E-state index contributed by atoms with van der Waals surface area (Å²) in [5.41, 5.74) is 3.69. The third-order valence-electron chi connectivity index (χ3n) is 9.08. The minimum absolute atomic E-state index is 0.109. The van der Waals surface area contributed by atoms with E-state index in [4.69, 9.17) is 16.6 Å². The Kier molecular flexibility index (Phi) is 6.38. The van der Waals surface area contributed by atoms with Crippen LogP contribution in [0.5, 0.6) is 0 Å². The van der Waals surface area contributed by atoms with E-state index in [1.165, 1.54) is 11.6 Å². The first-order valence-electron chi connectivity index (χ1n) is 13.4. The average molecular weight is 521 g/mol. The zero-order valence-electron chi connectivity index (χ0n) is 21.6. The average Bonchev–Trinajstić information content (AvgIpc) is 3.41. The molecule has 0 radical (unpaired) electrons. The molecule has 2 aromatic carbocycles. The molecule has 0 N–H and O–H groups in total. The SMILES string of the molecule is CN1CCN(CCCN(c2nc3cc(Cl)c(F)cc3n2C)[C@@H]2CC[C@]3(c4cccc(C#N)c4)CC23)CC1. The number of aryl methyl sites for hydroxylation is 1. The van der Waals surface area contributed by atoms with E-state index in [1.54, 1.807) is 6.07 Å². The molecule has 194 valence electrons. The lowest BCUT2D eigenvalue weighted by Crippen LogP contribution is -2.45. The molecule has 3 aliphatic rings. The highest BCUT2D eigenvalue weighted by Crippen LogP contribution is 2.65. The van der Waals surface area contributed by atoms with Crippen molar-refractivity contribution < 1.29 is 4.39 Å². The number of halogens is 2. The number of piperazine rings is 1. The highest BCUT2D eigenvalue weighted by atomic mass is 35.5. The summed E-state index contributed by atoms with van der Waals surface area (Å²) >= 11 is 6.11. The molecule has 6 rings (SSSR count). The van der Waals surface area contributed by atoms with Gasteiger partial charge in [-0.25, -0.2) is 9.37 Å². The van der Waals surface area contributed by atoms with Crippen LogP contribution in [0.1, 0.15) is 36.8 Å². The fourth-order valence-electron chi connectivity index (χ4n) is 6.86. The zero-order chi connectivity index (χ0) is 25.7. The summed E-state index contributed by atoms with van der Waals surface area (Å²) in [6, 6.07) is 14.0. The van der Waals surface area contributed by atoms with Gasteiger partial charge in [-0.05, 0) is 69.0 Å². The Labute approximate surface area is 223 Å². The van der Waals surface area contributed by atoms with Crippen LogP contribution in [0.4, 0.5) is 10.3 Å². The number of rotatable bonds is 7. The first-order chi connectivity index (χ1) is 17.9. The smallest absolute Gasteiger partial charge is 0.206 e. The number of anilines is 1. The number of fused-ring (bicyclic) bond motifs is 2. The third kappa shape index (κ3) is 4.39. The van der Waals surface area contributed by atoms with Gasteiger partial charge in [0.15, 0.2) is 0 Å². The van der Waals surface area contributed by atoms with Crippen LogP contribution >= 0.6 is 11.6 Å². The van der Waals surface area contributed by atoms with Crippen LogP contribution in [0.3, 0.4) is 0 Å². The summed E-state index contributed by atoms with van der Waals surface area (Å²) in [6.45, 7) is 6.46. The van der Waals surface area contributed by atoms with Crippen LogP contribution in [-0.4, -0.2) is 71.7 Å². The van der Waals surface area contributed by atoms with Gasteiger partial charge in [-0.15, -0.1) is 0 Å². The molecule has 3 fully saturated rings. The number of benzene rings is 2. The summed E-state index contributed by atoms with van der Waals surface area (Å²) < 4.78 is 16.4. The minimum atomic E-state index is -0.412. The van der Waals surface area contributed by atoms with Crippen LogP contribution in [-0.2, 0) is 12.5 Å². The molecular formula is C29H34ClFN6. The largest absolute Gasteiger partial charge is 0.339 e. The standard InChI is InChI=1S/C29H34ClFN6/c1-34-11-13-36(14-12-34)9-4-10-37(28-33-25-16-23(30)24(31)17-27(25)35(28)2)26-7-8-29(18-22(26)29)21-6-3-5-20(15-21)19-32/h3,5-6,15-17,22,26H,4,7-14,18H2,1-2H3/t22?,26-,29-/m1/s1. The van der Waals surface area contributed by atoms with Gasteiger partial charge < -0.3 is 19.3 Å². The second-order valence-electron chi connectivity index (χ2n) is 11.2. The predicted octanol–water partition coefficient (Wildman–Crippen LogP) is 4.80. The number of hydrogen-bond acceptors (Lipinski definition) is 5. The van der Waals surface area contributed by atoms with E-state index >= 15 is 0 Å². The molecule has 2 heterocycles. The van der Waals surface area contributed by atoms with Gasteiger partial charge in [0.25, 0.3) is 0 Å². The maximum atomic E-state index is 14.3. The lowest BCUT2D eigenvalue weighted by atomic mass is 9.92. The molecule has 2 aliphatic carbocycles. The van der Waals surface area contributed by atoms with Gasteiger partial charge in [0.05, 0.1) is 27.7 Å². The molecular weight excluding hydrogens is 487 g/mol. The first-order valence-corrected chi connectivity index (χ1v) is 13.8. The maximum Gasteiger partial charge on any atom is 0.206 e. The maximum absolute atomic E-state index is 14.3. The van der Waals surface area contributed by atoms with E-state index in [0.29, 0.717) is 12.0 Å². The Morgan fingerprint density at radius 1 is 1.19 bits per heavy atom. The third-order valence-corrected chi connectivity index (χ3v) is 9.37. The number of nitriles is 1. The molecule has 2 saturated carbocycles. The Morgan fingerprint density at radius 2 is 2.00 bits per heavy atom. The lowest BCUT2D eigenvalue weighted by Gasteiger charge is -2.34. The van der Waals surface area contributed by atoms with Gasteiger partial charge in [-0.3, -0.25) is 0 Å². The van der Waals surface area contributed by atoms with Crippen molar-refractivity contribution in [1.29, 1.82) is 5.26 Å². The fourth-order valence-corrected chi connectivity index (χ4v) is 7.02. The van der Waals surface area contributed by atoms with Crippen LogP contribution in [0.25, 0.3) is 11.0 Å². The van der Waals surface area contributed by atoms with Crippen molar-refractivity contribution in [3.8, 4) is 6.07 Å². The van der Waals surface area contributed by atoms with E-state index in [9.17, 15) is 9.65 Å². The molecule has 8 heteroatoms. The number of nitrogens with zero attached hydrogens (tertiary/aromatic N) is 6. The van der Waals surface area contributed by atoms with Crippen LogP contribution in [0, 0.1) is 23.1 Å². The Bertz CT molecular complexity index is 1360. The number of aromatic nitrogens is 2. The van der Waals surface area contributed by atoms with Crippen molar-refractivity contribution in [2.75, 3.05) is 51.2 Å². The predicted molar refractivity (Wildman–Crippen MR) is 146 cm³/mol. The monoisotopic (exact) mass is 520 g/mol. The van der Waals surface area contributed by atoms with Crippen LogP contribution in [0.2, 0.25) is 5.02 Å². The van der Waals surface area contributed by atoms with E-state index in [-0.39, 0.29) is 10.4 Å². The van der Waals surface area contributed by atoms with Crippen molar-refractivity contribution in [2.24, 2.45) is 13.0 Å². The van der Waals surface area contributed by atoms with Crippen LogP contribution < -0.4 is 4.90 Å². The summed E-state index contributed by atoms with van der Waals surface area (Å²) in [5.74, 6) is 1.02. The Balaban J connectivity index is 1.28. The molecule has 1 unspecified atom stereocenters. The van der Waals surface area contributed by atoms with E-state index in [1.807, 2.05) is 23.7 Å². The van der Waals surface area contributed by atoms with Crippen molar-refractivity contribution >= 4 is 28.6 Å². The molecule has 3 atom stereocenters. The number of likely N-dealkylation sites (N-methyl/N-ethyl adjacent to an activating group) is 1. The van der Waals surface area contributed by atoms with E-state index < -0.39 is 5.82 Å². The quantitative estimate of drug-likeness (QED) is 0.448. The van der Waals surface area contributed by atoms with Crippen LogP contribution in [0.15, 0.2) is 36.4 Å². The molecule has 0 spiro atoms. The summed E-state index contributed by atoms with van der Waals surface area (Å²) in [4.78, 5) is 12.4. The molecule has 37 heavy (non-hydrogen) atoms. The second-order valence-corrected chi connectivity index (χ2v) is 11.6.